The zero-order chi connectivity index (χ0) is 35.1. The van der Waals surface area contributed by atoms with Crippen molar-refractivity contribution in [1.29, 1.82) is 0 Å². The fraction of sp³-hybridized carbons (Fsp3) is 0.471. The van der Waals surface area contributed by atoms with Crippen LogP contribution in [0.15, 0.2) is 30.9 Å². The number of ether oxygens (including phenoxy) is 1. The quantitative estimate of drug-likeness (QED) is 0.227. The number of likely N-dealkylation sites (tertiary alicyclic amines) is 1. The maximum atomic E-state index is 17.1. The zero-order valence-corrected chi connectivity index (χ0v) is 29.1. The van der Waals surface area contributed by atoms with Crippen LogP contribution in [0.3, 0.4) is 0 Å². The standard InChI is InChI=1S/C34H34ClF3N10O2S/c35-22-12-21-26(25(38)24(22)20-4-5-23(37)28-27(20)42-30(39)51-28)43-31(50-16-34-8-2-10-46(34)14-19(36)13-34)44-29(21)45-9-1-6-33(15-45)7-3-11-47(33)32(49)48-18-40-17-41-48/h4-5,12,17-19H,1-3,6-11,13-16H2,(H2,39,42)/t19-,33?,34+/m1/s1. The second-order valence-electron chi connectivity index (χ2n) is 14.1. The number of carbonyl (C=O) groups is 1. The van der Waals surface area contributed by atoms with Crippen LogP contribution in [0.2, 0.25) is 5.02 Å². The maximum Gasteiger partial charge on any atom is 0.346 e. The largest absolute Gasteiger partial charge is 0.461 e. The summed E-state index contributed by atoms with van der Waals surface area (Å²) in [5.41, 5.74) is 5.38. The van der Waals surface area contributed by atoms with Gasteiger partial charge in [-0.05, 0) is 63.3 Å². The van der Waals surface area contributed by atoms with Crippen LogP contribution in [-0.4, -0.2) is 102 Å². The lowest BCUT2D eigenvalue weighted by atomic mass is 9.86. The van der Waals surface area contributed by atoms with Crippen molar-refractivity contribution >= 4 is 61.0 Å². The second kappa shape index (κ2) is 12.2. The molecule has 1 spiro atoms. The Labute approximate surface area is 299 Å². The number of amides is 1. The predicted molar refractivity (Wildman–Crippen MR) is 187 cm³/mol. The van der Waals surface area contributed by atoms with Gasteiger partial charge in [-0.1, -0.05) is 22.9 Å². The summed E-state index contributed by atoms with van der Waals surface area (Å²) in [6.45, 7) is 2.88. The summed E-state index contributed by atoms with van der Waals surface area (Å²) in [6.07, 6.45) is 6.95. The van der Waals surface area contributed by atoms with Crippen molar-refractivity contribution in [2.45, 2.75) is 62.2 Å². The summed E-state index contributed by atoms with van der Waals surface area (Å²) in [6, 6.07) is 4.00. The second-order valence-corrected chi connectivity index (χ2v) is 15.5. The number of hydrogen-bond donors (Lipinski definition) is 1. The third kappa shape index (κ3) is 5.27. The first-order chi connectivity index (χ1) is 24.6. The van der Waals surface area contributed by atoms with Crippen LogP contribution in [0.1, 0.15) is 44.9 Å². The molecule has 0 bridgehead atoms. The van der Waals surface area contributed by atoms with Crippen LogP contribution in [0.4, 0.5) is 28.9 Å². The van der Waals surface area contributed by atoms with Crippen molar-refractivity contribution in [2.75, 3.05) is 50.0 Å². The average Bonchev–Trinajstić information content (AvgIpc) is 3.95. The minimum absolute atomic E-state index is 0.00204. The van der Waals surface area contributed by atoms with Gasteiger partial charge in [0.05, 0.1) is 26.3 Å². The van der Waals surface area contributed by atoms with Gasteiger partial charge in [-0.25, -0.2) is 27.9 Å². The molecule has 0 saturated carbocycles. The van der Waals surface area contributed by atoms with E-state index >= 15 is 4.39 Å². The number of alkyl halides is 1. The van der Waals surface area contributed by atoms with E-state index in [2.05, 4.69) is 25.0 Å². The molecule has 4 aliphatic rings. The van der Waals surface area contributed by atoms with E-state index in [1.807, 2.05) is 9.80 Å². The molecule has 5 aromatic rings. The molecule has 2 aromatic carbocycles. The van der Waals surface area contributed by atoms with Crippen LogP contribution >= 0.6 is 22.9 Å². The van der Waals surface area contributed by atoms with Gasteiger partial charge >= 0.3 is 12.0 Å². The summed E-state index contributed by atoms with van der Waals surface area (Å²) in [5, 5.41) is 4.64. The lowest BCUT2D eigenvalue weighted by Crippen LogP contribution is -2.58. The van der Waals surface area contributed by atoms with Crippen molar-refractivity contribution in [3.63, 3.8) is 0 Å². The molecule has 0 aliphatic carbocycles. The number of carbonyl (C=O) groups excluding carboxylic acids is 1. The third-order valence-corrected chi connectivity index (χ3v) is 12.3. The minimum Gasteiger partial charge on any atom is -0.461 e. The molecule has 4 aliphatic heterocycles. The van der Waals surface area contributed by atoms with Gasteiger partial charge in [0.25, 0.3) is 0 Å². The van der Waals surface area contributed by atoms with E-state index in [9.17, 15) is 13.6 Å². The van der Waals surface area contributed by atoms with Gasteiger partial charge in [0.1, 0.15) is 42.6 Å². The Bertz CT molecular complexity index is 2190. The smallest absolute Gasteiger partial charge is 0.346 e. The number of nitrogens with two attached hydrogens (primary N) is 1. The Morgan fingerprint density at radius 1 is 1.08 bits per heavy atom. The molecule has 0 radical (unpaired) electrons. The van der Waals surface area contributed by atoms with Gasteiger partial charge < -0.3 is 20.3 Å². The van der Waals surface area contributed by atoms with E-state index in [0.717, 1.165) is 56.4 Å². The first-order valence-corrected chi connectivity index (χ1v) is 18.3. The van der Waals surface area contributed by atoms with E-state index in [4.69, 9.17) is 27.1 Å². The topological polar surface area (TPSA) is 131 Å². The van der Waals surface area contributed by atoms with Gasteiger partial charge in [0.2, 0.25) is 0 Å². The van der Waals surface area contributed by atoms with E-state index in [1.165, 1.54) is 29.5 Å². The number of thiazole rings is 1. The fourth-order valence-corrected chi connectivity index (χ4v) is 10.00. The van der Waals surface area contributed by atoms with E-state index in [-0.39, 0.29) is 55.7 Å². The molecule has 266 valence electrons. The molecular formula is C34H34ClF3N10O2S. The average molecular weight is 739 g/mol. The van der Waals surface area contributed by atoms with Crippen molar-refractivity contribution in [3.8, 4) is 17.1 Å². The van der Waals surface area contributed by atoms with Crippen molar-refractivity contribution < 1.29 is 22.7 Å². The highest BCUT2D eigenvalue weighted by molar-refractivity contribution is 7.22. The number of nitrogens with zero attached hydrogens (tertiary/aromatic N) is 9. The van der Waals surface area contributed by atoms with Crippen LogP contribution in [0, 0.1) is 11.6 Å². The number of piperidine rings is 1. The Hall–Kier alpha value is -4.28. The van der Waals surface area contributed by atoms with E-state index < -0.39 is 28.9 Å². The Kier molecular flexibility index (Phi) is 7.78. The molecular weight excluding hydrogens is 705 g/mol. The number of benzene rings is 2. The fourth-order valence-electron chi connectivity index (χ4n) is 8.94. The molecule has 4 fully saturated rings. The molecule has 9 rings (SSSR count). The maximum absolute atomic E-state index is 17.1. The molecule has 1 unspecified atom stereocenters. The van der Waals surface area contributed by atoms with Crippen LogP contribution in [0.5, 0.6) is 6.01 Å². The molecule has 51 heavy (non-hydrogen) atoms. The summed E-state index contributed by atoms with van der Waals surface area (Å²) in [4.78, 5) is 37.4. The van der Waals surface area contributed by atoms with Gasteiger partial charge in [-0.2, -0.15) is 19.7 Å². The van der Waals surface area contributed by atoms with Crippen LogP contribution in [-0.2, 0) is 0 Å². The molecule has 12 nitrogen and oxygen atoms in total. The number of aromatic nitrogens is 6. The normalized spacial score (nSPS) is 25.1. The molecule has 3 aromatic heterocycles. The minimum atomic E-state index is -0.949. The highest BCUT2D eigenvalue weighted by atomic mass is 35.5. The van der Waals surface area contributed by atoms with E-state index in [0.29, 0.717) is 43.8 Å². The number of halogens is 4. The van der Waals surface area contributed by atoms with Crippen LogP contribution in [0.25, 0.3) is 32.2 Å². The van der Waals surface area contributed by atoms with Crippen molar-refractivity contribution in [1.82, 2.24) is 39.5 Å². The zero-order valence-electron chi connectivity index (χ0n) is 27.5. The number of hydrogen-bond acceptors (Lipinski definition) is 11. The SMILES string of the molecule is Nc1nc2c(-c3c(Cl)cc4c(N5CCCC6(CCCN6C(=O)n6cncn6)C5)nc(OC[C@@]56CCCN5C[C@H](F)C6)nc4c3F)ccc(F)c2s1. The summed E-state index contributed by atoms with van der Waals surface area (Å²) in [5.74, 6) is -0.851. The molecule has 2 N–H and O–H groups in total. The summed E-state index contributed by atoms with van der Waals surface area (Å²) >= 11 is 7.87. The highest BCUT2D eigenvalue weighted by Gasteiger charge is 2.50. The number of nitrogen functional groups attached to an aromatic ring is 1. The molecule has 7 heterocycles. The third-order valence-electron chi connectivity index (χ3n) is 11.2. The molecule has 1 amide bonds. The number of fused-ring (bicyclic) bond motifs is 3. The Morgan fingerprint density at radius 2 is 1.90 bits per heavy atom. The summed E-state index contributed by atoms with van der Waals surface area (Å²) in [7, 11) is 0. The highest BCUT2D eigenvalue weighted by Crippen LogP contribution is 2.45. The van der Waals surface area contributed by atoms with Gasteiger partial charge in [0, 0.05) is 49.1 Å². The molecule has 17 heteroatoms. The Balaban J connectivity index is 1.16. The summed E-state index contributed by atoms with van der Waals surface area (Å²) < 4.78 is 54.2. The Morgan fingerprint density at radius 3 is 2.73 bits per heavy atom. The molecule has 3 atom stereocenters. The van der Waals surface area contributed by atoms with Crippen LogP contribution < -0.4 is 15.4 Å². The predicted octanol–water partition coefficient (Wildman–Crippen LogP) is 6.07. The van der Waals surface area contributed by atoms with Crippen molar-refractivity contribution in [3.05, 3.63) is 47.5 Å². The van der Waals surface area contributed by atoms with Gasteiger partial charge in [0.15, 0.2) is 10.9 Å². The van der Waals surface area contributed by atoms with Crippen molar-refractivity contribution in [2.24, 2.45) is 0 Å². The monoisotopic (exact) mass is 738 g/mol. The lowest BCUT2D eigenvalue weighted by Gasteiger charge is -2.46. The van der Waals surface area contributed by atoms with Gasteiger partial charge in [-0.15, -0.1) is 0 Å². The molecule has 4 saturated heterocycles. The number of anilines is 2. The van der Waals surface area contributed by atoms with Gasteiger partial charge in [-0.3, -0.25) is 4.90 Å². The number of rotatable bonds is 5. The lowest BCUT2D eigenvalue weighted by molar-refractivity contribution is 0.107. The van der Waals surface area contributed by atoms with E-state index in [1.54, 1.807) is 6.07 Å². The first kappa shape index (κ1) is 32.6. The first-order valence-electron chi connectivity index (χ1n) is 17.1.